The fraction of sp³-hybridized carbons (Fsp3) is 0.390. The molecule has 1 aromatic carbocycles. The Morgan fingerprint density at radius 1 is 0.923 bits per heavy atom. The highest BCUT2D eigenvalue weighted by Crippen LogP contribution is 2.31. The monoisotopic (exact) mass is 703 g/mol. The molecule has 1 fully saturated rings. The minimum absolute atomic E-state index is 0.0108. The number of amides is 2. The molecule has 4 N–H and O–H groups in total. The number of nitrogens with one attached hydrogen (secondary N) is 2. The van der Waals surface area contributed by atoms with Gasteiger partial charge in [-0.3, -0.25) is 29.1 Å². The van der Waals surface area contributed by atoms with Gasteiger partial charge in [0.1, 0.15) is 17.4 Å². The van der Waals surface area contributed by atoms with Gasteiger partial charge in [-0.15, -0.1) is 0 Å². The van der Waals surface area contributed by atoms with Gasteiger partial charge in [-0.25, -0.2) is 4.98 Å². The smallest absolute Gasteiger partial charge is 0.240 e. The van der Waals surface area contributed by atoms with Gasteiger partial charge >= 0.3 is 0 Å². The third-order valence-electron chi connectivity index (χ3n) is 9.49. The van der Waals surface area contributed by atoms with Crippen LogP contribution in [-0.2, 0) is 38.4 Å². The second kappa shape index (κ2) is 18.8. The first-order valence-corrected chi connectivity index (χ1v) is 18.1. The number of carbonyl (C=O) groups is 4. The van der Waals surface area contributed by atoms with Crippen molar-refractivity contribution in [3.05, 3.63) is 119 Å². The number of nitrogens with two attached hydrogens (primary N) is 1. The highest BCUT2D eigenvalue weighted by Gasteiger charge is 2.40. The van der Waals surface area contributed by atoms with Crippen molar-refractivity contribution < 1.29 is 19.2 Å². The van der Waals surface area contributed by atoms with Crippen LogP contribution >= 0.6 is 0 Å². The zero-order valence-corrected chi connectivity index (χ0v) is 30.0. The van der Waals surface area contributed by atoms with Crippen LogP contribution in [0.3, 0.4) is 0 Å². The molecule has 1 saturated heterocycles. The maximum atomic E-state index is 13.7. The lowest BCUT2D eigenvalue weighted by Crippen LogP contribution is -2.44. The molecule has 2 aliphatic heterocycles. The summed E-state index contributed by atoms with van der Waals surface area (Å²) in [4.78, 5) is 64.2. The number of pyridine rings is 3. The van der Waals surface area contributed by atoms with E-state index in [2.05, 4.69) is 44.9 Å². The Morgan fingerprint density at radius 3 is 2.31 bits per heavy atom. The van der Waals surface area contributed by atoms with Crippen molar-refractivity contribution in [1.29, 1.82) is 0 Å². The summed E-state index contributed by atoms with van der Waals surface area (Å²) < 4.78 is 0. The number of ketones is 2. The van der Waals surface area contributed by atoms with Gasteiger partial charge in [-0.05, 0) is 92.8 Å². The van der Waals surface area contributed by atoms with Crippen LogP contribution in [0, 0.1) is 5.92 Å². The largest absolute Gasteiger partial charge is 0.370 e. The molecule has 11 nitrogen and oxygen atoms in total. The number of aryl methyl sites for hydroxylation is 2. The summed E-state index contributed by atoms with van der Waals surface area (Å²) in [5.74, 6) is 0.612. The van der Waals surface area contributed by atoms with Gasteiger partial charge in [0.25, 0.3) is 0 Å². The maximum absolute atomic E-state index is 13.7. The molecular weight excluding hydrogens is 654 g/mol. The highest BCUT2D eigenvalue weighted by molar-refractivity contribution is 5.88. The lowest BCUT2D eigenvalue weighted by molar-refractivity contribution is -0.137. The summed E-state index contributed by atoms with van der Waals surface area (Å²) in [5.41, 5.74) is 10.8. The number of fused-ring (bicyclic) bond motifs is 1. The van der Waals surface area contributed by atoms with E-state index >= 15 is 0 Å². The van der Waals surface area contributed by atoms with Gasteiger partial charge in [0.15, 0.2) is 0 Å². The van der Waals surface area contributed by atoms with Crippen molar-refractivity contribution in [3.8, 4) is 0 Å². The van der Waals surface area contributed by atoms with Crippen LogP contribution in [-0.4, -0.2) is 62.4 Å². The molecule has 0 unspecified atom stereocenters. The van der Waals surface area contributed by atoms with Crippen LogP contribution in [0.15, 0.2) is 91.5 Å². The molecule has 4 aromatic rings. The number of benzene rings is 1. The Hall–Kier alpha value is -5.29. The lowest BCUT2D eigenvalue weighted by Gasteiger charge is -2.26. The Morgan fingerprint density at radius 2 is 1.63 bits per heavy atom. The fourth-order valence-electron chi connectivity index (χ4n) is 6.87. The second-order valence-electron chi connectivity index (χ2n) is 13.7. The topological polar surface area (TPSA) is 160 Å². The molecule has 52 heavy (non-hydrogen) atoms. The summed E-state index contributed by atoms with van der Waals surface area (Å²) in [6, 6.07) is 20.9. The van der Waals surface area contributed by atoms with Gasteiger partial charge in [0.05, 0.1) is 12.6 Å². The Kier molecular flexibility index (Phi) is 13.7. The molecular formula is C41H49N7O4. The Balaban J connectivity index is 0.000000370. The third-order valence-corrected chi connectivity index (χ3v) is 9.49. The lowest BCUT2D eigenvalue weighted by atomic mass is 9.95. The number of nitrogens with zero attached hydrogens (tertiary/aromatic N) is 4. The molecule has 5 heterocycles. The number of carbonyl (C=O) groups excluding carboxylic acids is 4. The molecule has 0 radical (unpaired) electrons. The van der Waals surface area contributed by atoms with Gasteiger partial charge in [-0.1, -0.05) is 48.5 Å². The van der Waals surface area contributed by atoms with Crippen LogP contribution in [0.25, 0.3) is 0 Å². The van der Waals surface area contributed by atoms with E-state index in [1.54, 1.807) is 35.8 Å². The molecule has 2 aliphatic rings. The van der Waals surface area contributed by atoms with Crippen LogP contribution in [0.5, 0.6) is 0 Å². The van der Waals surface area contributed by atoms with Crippen LogP contribution in [0.1, 0.15) is 86.0 Å². The van der Waals surface area contributed by atoms with E-state index in [9.17, 15) is 19.2 Å². The number of anilines is 1. The molecule has 0 spiro atoms. The van der Waals surface area contributed by atoms with Crippen molar-refractivity contribution in [3.63, 3.8) is 0 Å². The Labute approximate surface area is 305 Å². The first-order valence-electron chi connectivity index (χ1n) is 18.1. The predicted octanol–water partition coefficient (Wildman–Crippen LogP) is 5.12. The minimum Gasteiger partial charge on any atom is -0.370 e. The zero-order valence-electron chi connectivity index (χ0n) is 30.0. The molecule has 11 heteroatoms. The van der Waals surface area contributed by atoms with E-state index in [-0.39, 0.29) is 54.3 Å². The van der Waals surface area contributed by atoms with E-state index in [0.29, 0.717) is 32.1 Å². The first kappa shape index (κ1) is 38.0. The number of rotatable bonds is 14. The number of hydrogen-bond acceptors (Lipinski definition) is 9. The maximum Gasteiger partial charge on any atom is 0.240 e. The third kappa shape index (κ3) is 11.1. The second-order valence-corrected chi connectivity index (χ2v) is 13.7. The highest BCUT2D eigenvalue weighted by atomic mass is 16.2. The fourth-order valence-corrected chi connectivity index (χ4v) is 6.87. The van der Waals surface area contributed by atoms with Crippen molar-refractivity contribution in [2.75, 3.05) is 18.4 Å². The number of Topliss-reactive ketones (excluding diaryl/α,β-unsaturated/α-hetero) is 2. The van der Waals surface area contributed by atoms with Gasteiger partial charge < -0.3 is 21.3 Å². The molecule has 3 aromatic heterocycles. The predicted molar refractivity (Wildman–Crippen MR) is 200 cm³/mol. The van der Waals surface area contributed by atoms with E-state index in [0.717, 1.165) is 47.6 Å². The SMILES string of the molecule is CC(=O)C[C@H](N)c1cccnc1.CC(=O)C[C@H](NC(=O)CN1C(=O)[C@@H](CCc2ccc3c(n2)NCCC3)C[C@H]1Cc1ccccc1)c1cccnc1. The molecule has 6 rings (SSSR count). The van der Waals surface area contributed by atoms with Gasteiger partial charge in [-0.2, -0.15) is 0 Å². The van der Waals surface area contributed by atoms with Crippen molar-refractivity contribution in [2.24, 2.45) is 11.7 Å². The average Bonchev–Trinajstić information content (AvgIpc) is 3.43. The van der Waals surface area contributed by atoms with Crippen LogP contribution in [0.2, 0.25) is 0 Å². The summed E-state index contributed by atoms with van der Waals surface area (Å²) >= 11 is 0. The van der Waals surface area contributed by atoms with Crippen LogP contribution in [0.4, 0.5) is 5.82 Å². The minimum atomic E-state index is -0.483. The van der Waals surface area contributed by atoms with Gasteiger partial charge in [0.2, 0.25) is 11.8 Å². The summed E-state index contributed by atoms with van der Waals surface area (Å²) in [5, 5.41) is 6.37. The Bertz CT molecular complexity index is 1790. The van der Waals surface area contributed by atoms with Gasteiger partial charge in [0, 0.05) is 67.9 Å². The summed E-state index contributed by atoms with van der Waals surface area (Å²) in [7, 11) is 0. The van der Waals surface area contributed by atoms with Crippen molar-refractivity contribution >= 4 is 29.2 Å². The first-order chi connectivity index (χ1) is 25.2. The molecule has 2 amide bonds. The molecule has 4 atom stereocenters. The molecule has 0 aliphatic carbocycles. The van der Waals surface area contributed by atoms with E-state index in [1.165, 1.54) is 19.4 Å². The molecule has 0 saturated carbocycles. The number of aromatic nitrogens is 3. The van der Waals surface area contributed by atoms with E-state index < -0.39 is 6.04 Å². The number of likely N-dealkylation sites (tertiary alicyclic amines) is 1. The van der Waals surface area contributed by atoms with Crippen LogP contribution < -0.4 is 16.4 Å². The zero-order chi connectivity index (χ0) is 36.9. The summed E-state index contributed by atoms with van der Waals surface area (Å²) in [6.07, 6.45) is 12.2. The van der Waals surface area contributed by atoms with Crippen molar-refractivity contribution in [2.45, 2.75) is 83.3 Å². The molecule has 272 valence electrons. The standard InChI is InChI=1S/C32H37N5O3.C9H12N2O/c1-22(38)17-29(26-10-5-15-33-20-26)36-30(39)21-37-28(18-23-7-3-2-4-8-23)19-25(32(37)40)12-14-27-13-11-24-9-6-16-34-31(24)35-27;1-7(12)5-9(10)8-3-2-4-11-6-8/h2-5,7-8,10-11,13,15,20,25,28-29H,6,9,12,14,16-19,21H2,1H3,(H,34,35)(H,36,39);2-4,6,9H,5,10H2,1H3/t25-,28+,29-;9-/m00/s1. The van der Waals surface area contributed by atoms with E-state index in [1.807, 2.05) is 36.4 Å². The molecule has 0 bridgehead atoms. The summed E-state index contributed by atoms with van der Waals surface area (Å²) in [6.45, 7) is 3.95. The normalized spacial score (nSPS) is 17.5. The quantitative estimate of drug-likeness (QED) is 0.162. The van der Waals surface area contributed by atoms with E-state index in [4.69, 9.17) is 10.7 Å². The number of hydrogen-bond donors (Lipinski definition) is 3. The van der Waals surface area contributed by atoms with Crippen molar-refractivity contribution in [1.82, 2.24) is 25.2 Å². The average molecular weight is 704 g/mol.